The van der Waals surface area contributed by atoms with Crippen molar-refractivity contribution in [2.45, 2.75) is 52.3 Å². The van der Waals surface area contributed by atoms with Gasteiger partial charge in [0.25, 0.3) is 5.91 Å². The summed E-state index contributed by atoms with van der Waals surface area (Å²) in [5.74, 6) is 1.45. The molecular weight excluding hydrogens is 404 g/mol. The van der Waals surface area contributed by atoms with Crippen molar-refractivity contribution in [3.05, 3.63) is 71.1 Å². The van der Waals surface area contributed by atoms with Crippen molar-refractivity contribution in [2.75, 3.05) is 13.1 Å². The standard InChI is InChI=1S/C24H30N6O2/c1-16(2)32-22-6-5-18(11-20(22)15-30-9-4-8-27-30)13-29-10-7-19(14-29)24-26-12-21(23(25)31)17(3)28-24/h4-6,8-9,11-12,16,19H,7,10,13-15H2,1-3H3,(H2,25,31)/t19-/m1/s1. The quantitative estimate of drug-likeness (QED) is 0.585. The number of nitrogens with zero attached hydrogens (tertiary/aromatic N) is 5. The Balaban J connectivity index is 1.46. The van der Waals surface area contributed by atoms with Crippen molar-refractivity contribution in [3.8, 4) is 5.75 Å². The summed E-state index contributed by atoms with van der Waals surface area (Å²) in [5.41, 5.74) is 8.77. The number of carbonyl (C=O) groups is 1. The molecule has 1 aromatic carbocycles. The summed E-state index contributed by atoms with van der Waals surface area (Å²) in [6.07, 6.45) is 6.40. The number of hydrogen-bond donors (Lipinski definition) is 1. The first kappa shape index (κ1) is 22.0. The molecule has 2 aromatic heterocycles. The predicted octanol–water partition coefficient (Wildman–Crippen LogP) is 2.91. The fourth-order valence-corrected chi connectivity index (χ4v) is 4.16. The minimum atomic E-state index is -0.488. The molecule has 4 rings (SSSR count). The molecule has 1 aliphatic heterocycles. The van der Waals surface area contributed by atoms with E-state index in [1.54, 1.807) is 19.3 Å². The molecule has 0 radical (unpaired) electrons. The van der Waals surface area contributed by atoms with E-state index in [2.05, 4.69) is 38.2 Å². The van der Waals surface area contributed by atoms with Crippen LogP contribution in [-0.2, 0) is 13.1 Å². The summed E-state index contributed by atoms with van der Waals surface area (Å²) in [7, 11) is 0. The lowest BCUT2D eigenvalue weighted by Gasteiger charge is -2.19. The molecule has 1 atom stereocenters. The second-order valence-electron chi connectivity index (χ2n) is 8.62. The number of ether oxygens (including phenoxy) is 1. The number of aromatic nitrogens is 4. The van der Waals surface area contributed by atoms with Gasteiger partial charge < -0.3 is 10.5 Å². The summed E-state index contributed by atoms with van der Waals surface area (Å²) in [4.78, 5) is 22.8. The highest BCUT2D eigenvalue weighted by Crippen LogP contribution is 2.28. The number of hydrogen-bond acceptors (Lipinski definition) is 6. The van der Waals surface area contributed by atoms with Crippen LogP contribution in [0.15, 0.2) is 42.9 Å². The Morgan fingerprint density at radius 1 is 1.31 bits per heavy atom. The van der Waals surface area contributed by atoms with Gasteiger partial charge in [-0.25, -0.2) is 9.97 Å². The molecule has 3 heterocycles. The molecule has 0 spiro atoms. The lowest BCUT2D eigenvalue weighted by atomic mass is 10.1. The molecule has 0 saturated carbocycles. The Labute approximate surface area is 188 Å². The summed E-state index contributed by atoms with van der Waals surface area (Å²) < 4.78 is 7.94. The molecular formula is C24H30N6O2. The smallest absolute Gasteiger partial charge is 0.252 e. The third-order valence-electron chi connectivity index (χ3n) is 5.69. The molecule has 32 heavy (non-hydrogen) atoms. The van der Waals surface area contributed by atoms with Crippen molar-refractivity contribution in [1.82, 2.24) is 24.6 Å². The molecule has 0 bridgehead atoms. The van der Waals surface area contributed by atoms with Crippen LogP contribution in [0.2, 0.25) is 0 Å². The highest BCUT2D eigenvalue weighted by molar-refractivity contribution is 5.93. The minimum Gasteiger partial charge on any atom is -0.491 e. The summed E-state index contributed by atoms with van der Waals surface area (Å²) >= 11 is 0. The molecule has 3 aromatic rings. The molecule has 8 heteroatoms. The third kappa shape index (κ3) is 5.13. The fraction of sp³-hybridized carbons (Fsp3) is 0.417. The topological polar surface area (TPSA) is 99.2 Å². The molecule has 1 saturated heterocycles. The van der Waals surface area contributed by atoms with Crippen molar-refractivity contribution >= 4 is 5.91 Å². The Hall–Kier alpha value is -3.26. The van der Waals surface area contributed by atoms with Crippen LogP contribution in [-0.4, -0.2) is 49.7 Å². The first-order valence-electron chi connectivity index (χ1n) is 11.0. The van der Waals surface area contributed by atoms with E-state index in [4.69, 9.17) is 10.5 Å². The van der Waals surface area contributed by atoms with Crippen LogP contribution in [0.25, 0.3) is 0 Å². The third-order valence-corrected chi connectivity index (χ3v) is 5.69. The van der Waals surface area contributed by atoms with Crippen molar-refractivity contribution in [1.29, 1.82) is 0 Å². The van der Waals surface area contributed by atoms with Crippen molar-refractivity contribution < 1.29 is 9.53 Å². The van der Waals surface area contributed by atoms with Gasteiger partial charge in [0.1, 0.15) is 11.6 Å². The average Bonchev–Trinajstić information content (AvgIpc) is 3.41. The fourth-order valence-electron chi connectivity index (χ4n) is 4.16. The molecule has 0 unspecified atom stereocenters. The zero-order chi connectivity index (χ0) is 22.7. The SMILES string of the molecule is Cc1nc([C@@H]2CCN(Cc3ccc(OC(C)C)c(Cn4cccn4)c3)C2)ncc1C(N)=O. The normalized spacial score (nSPS) is 16.6. The highest BCUT2D eigenvalue weighted by Gasteiger charge is 2.27. The number of likely N-dealkylation sites (tertiary alicyclic amines) is 1. The highest BCUT2D eigenvalue weighted by atomic mass is 16.5. The van der Waals surface area contributed by atoms with Gasteiger partial charge in [0, 0.05) is 43.2 Å². The van der Waals surface area contributed by atoms with E-state index >= 15 is 0 Å². The lowest BCUT2D eigenvalue weighted by molar-refractivity contribution is 0.0999. The van der Waals surface area contributed by atoms with Gasteiger partial charge in [-0.05, 0) is 57.5 Å². The van der Waals surface area contributed by atoms with Gasteiger partial charge in [0.15, 0.2) is 0 Å². The Kier molecular flexibility index (Phi) is 6.50. The van der Waals surface area contributed by atoms with E-state index in [-0.39, 0.29) is 12.0 Å². The Morgan fingerprint density at radius 3 is 2.84 bits per heavy atom. The van der Waals surface area contributed by atoms with Gasteiger partial charge >= 0.3 is 0 Å². The number of benzene rings is 1. The van der Waals surface area contributed by atoms with Gasteiger partial charge in [-0.3, -0.25) is 14.4 Å². The zero-order valence-corrected chi connectivity index (χ0v) is 18.9. The summed E-state index contributed by atoms with van der Waals surface area (Å²) in [5, 5.41) is 4.34. The maximum atomic E-state index is 11.4. The van der Waals surface area contributed by atoms with E-state index < -0.39 is 5.91 Å². The van der Waals surface area contributed by atoms with Gasteiger partial charge in [-0.2, -0.15) is 5.10 Å². The molecule has 1 amide bonds. The van der Waals surface area contributed by atoms with Crippen LogP contribution in [0.1, 0.15) is 59.2 Å². The molecule has 8 nitrogen and oxygen atoms in total. The number of carbonyl (C=O) groups excluding carboxylic acids is 1. The number of rotatable bonds is 8. The number of nitrogens with two attached hydrogens (primary N) is 1. The van der Waals surface area contributed by atoms with E-state index in [1.165, 1.54) is 5.56 Å². The largest absolute Gasteiger partial charge is 0.491 e. The number of aryl methyl sites for hydroxylation is 1. The van der Waals surface area contributed by atoms with E-state index in [0.717, 1.165) is 43.2 Å². The van der Waals surface area contributed by atoms with Crippen LogP contribution < -0.4 is 10.5 Å². The van der Waals surface area contributed by atoms with Gasteiger partial charge in [-0.15, -0.1) is 0 Å². The van der Waals surface area contributed by atoms with Gasteiger partial charge in [0.2, 0.25) is 0 Å². The monoisotopic (exact) mass is 434 g/mol. The number of amides is 1. The maximum Gasteiger partial charge on any atom is 0.252 e. The van der Waals surface area contributed by atoms with Crippen LogP contribution in [0.3, 0.4) is 0 Å². The zero-order valence-electron chi connectivity index (χ0n) is 18.9. The van der Waals surface area contributed by atoms with E-state index in [0.29, 0.717) is 17.8 Å². The maximum absolute atomic E-state index is 11.4. The first-order chi connectivity index (χ1) is 15.4. The van der Waals surface area contributed by atoms with Crippen LogP contribution >= 0.6 is 0 Å². The van der Waals surface area contributed by atoms with Crippen molar-refractivity contribution in [3.63, 3.8) is 0 Å². The first-order valence-corrected chi connectivity index (χ1v) is 11.0. The van der Waals surface area contributed by atoms with E-state index in [9.17, 15) is 4.79 Å². The Morgan fingerprint density at radius 2 is 2.16 bits per heavy atom. The second kappa shape index (κ2) is 9.48. The van der Waals surface area contributed by atoms with E-state index in [1.807, 2.05) is 30.8 Å². The molecule has 1 fully saturated rings. The second-order valence-corrected chi connectivity index (χ2v) is 8.62. The minimum absolute atomic E-state index is 0.112. The Bertz CT molecular complexity index is 1080. The molecule has 1 aliphatic rings. The summed E-state index contributed by atoms with van der Waals surface area (Å²) in [6, 6.07) is 8.35. The number of primary amides is 1. The lowest BCUT2D eigenvalue weighted by Crippen LogP contribution is -2.21. The van der Waals surface area contributed by atoms with Gasteiger partial charge in [0.05, 0.1) is 23.9 Å². The predicted molar refractivity (Wildman–Crippen MR) is 121 cm³/mol. The molecule has 168 valence electrons. The average molecular weight is 435 g/mol. The van der Waals surface area contributed by atoms with Crippen LogP contribution in [0.5, 0.6) is 5.75 Å². The van der Waals surface area contributed by atoms with Crippen LogP contribution in [0, 0.1) is 6.92 Å². The van der Waals surface area contributed by atoms with Gasteiger partial charge in [-0.1, -0.05) is 6.07 Å². The van der Waals surface area contributed by atoms with Crippen LogP contribution in [0.4, 0.5) is 0 Å². The van der Waals surface area contributed by atoms with Crippen molar-refractivity contribution in [2.24, 2.45) is 5.73 Å². The molecule has 2 N–H and O–H groups in total. The summed E-state index contributed by atoms with van der Waals surface area (Å²) in [6.45, 7) is 9.26. The molecule has 0 aliphatic carbocycles.